The first-order valence-electron chi connectivity index (χ1n) is 6.23. The SMILES string of the molecule is COc1cccc(CN(C)c2c(F)cccc2C=O)c1. The van der Waals surface area contributed by atoms with Crippen LogP contribution in [0.25, 0.3) is 0 Å². The van der Waals surface area contributed by atoms with Gasteiger partial charge in [0.05, 0.1) is 12.8 Å². The molecule has 3 nitrogen and oxygen atoms in total. The van der Waals surface area contributed by atoms with E-state index in [1.807, 2.05) is 24.3 Å². The number of nitrogens with zero attached hydrogens (tertiary/aromatic N) is 1. The molecule has 0 fully saturated rings. The first kappa shape index (κ1) is 14.1. The van der Waals surface area contributed by atoms with Gasteiger partial charge in [-0.3, -0.25) is 4.79 Å². The predicted molar refractivity (Wildman–Crippen MR) is 76.9 cm³/mol. The number of ether oxygens (including phenoxy) is 1. The van der Waals surface area contributed by atoms with Crippen LogP contribution in [-0.2, 0) is 6.54 Å². The summed E-state index contributed by atoms with van der Waals surface area (Å²) in [5.74, 6) is 0.347. The Morgan fingerprint density at radius 3 is 2.70 bits per heavy atom. The van der Waals surface area contributed by atoms with E-state index in [1.165, 1.54) is 12.1 Å². The van der Waals surface area contributed by atoms with Crippen LogP contribution in [0, 0.1) is 5.82 Å². The van der Waals surface area contributed by atoms with Crippen LogP contribution in [0.1, 0.15) is 15.9 Å². The number of para-hydroxylation sites is 1. The lowest BCUT2D eigenvalue weighted by molar-refractivity contribution is 0.112. The van der Waals surface area contributed by atoms with Crippen LogP contribution in [0.4, 0.5) is 10.1 Å². The number of benzene rings is 2. The van der Waals surface area contributed by atoms with Crippen molar-refractivity contribution < 1.29 is 13.9 Å². The lowest BCUT2D eigenvalue weighted by Gasteiger charge is -2.21. The molecule has 0 bridgehead atoms. The fourth-order valence-electron chi connectivity index (χ4n) is 2.15. The largest absolute Gasteiger partial charge is 0.497 e. The molecule has 0 saturated heterocycles. The highest BCUT2D eigenvalue weighted by molar-refractivity contribution is 5.84. The number of aldehydes is 1. The normalized spacial score (nSPS) is 10.2. The van der Waals surface area contributed by atoms with Crippen molar-refractivity contribution in [2.24, 2.45) is 0 Å². The molecule has 2 aromatic carbocycles. The number of rotatable bonds is 5. The van der Waals surface area contributed by atoms with E-state index in [4.69, 9.17) is 4.74 Å². The van der Waals surface area contributed by atoms with E-state index in [9.17, 15) is 9.18 Å². The molecule has 20 heavy (non-hydrogen) atoms. The van der Waals surface area contributed by atoms with Crippen LogP contribution in [0.3, 0.4) is 0 Å². The van der Waals surface area contributed by atoms with Crippen LogP contribution in [0.2, 0.25) is 0 Å². The molecule has 0 spiro atoms. The van der Waals surface area contributed by atoms with Gasteiger partial charge in [-0.1, -0.05) is 18.2 Å². The number of carbonyl (C=O) groups is 1. The predicted octanol–water partition coefficient (Wildman–Crippen LogP) is 3.28. The Bertz CT molecular complexity index is 613. The van der Waals surface area contributed by atoms with Crippen molar-refractivity contribution in [2.75, 3.05) is 19.1 Å². The molecule has 0 amide bonds. The summed E-state index contributed by atoms with van der Waals surface area (Å²) in [5.41, 5.74) is 1.63. The zero-order valence-electron chi connectivity index (χ0n) is 11.5. The Morgan fingerprint density at radius 2 is 2.00 bits per heavy atom. The molecule has 0 atom stereocenters. The minimum Gasteiger partial charge on any atom is -0.497 e. The topological polar surface area (TPSA) is 29.5 Å². The smallest absolute Gasteiger partial charge is 0.152 e. The fraction of sp³-hybridized carbons (Fsp3) is 0.188. The first-order chi connectivity index (χ1) is 9.65. The Kier molecular flexibility index (Phi) is 4.35. The van der Waals surface area contributed by atoms with Crippen molar-refractivity contribution in [3.63, 3.8) is 0 Å². The van der Waals surface area contributed by atoms with E-state index in [0.29, 0.717) is 24.1 Å². The van der Waals surface area contributed by atoms with Gasteiger partial charge in [0.1, 0.15) is 11.6 Å². The number of halogens is 1. The number of hydrogen-bond acceptors (Lipinski definition) is 3. The molecular formula is C16H16FNO2. The average Bonchev–Trinajstić information content (AvgIpc) is 2.46. The van der Waals surface area contributed by atoms with Crippen molar-refractivity contribution >= 4 is 12.0 Å². The van der Waals surface area contributed by atoms with Crippen LogP contribution in [-0.4, -0.2) is 20.4 Å². The van der Waals surface area contributed by atoms with Crippen LogP contribution in [0.15, 0.2) is 42.5 Å². The summed E-state index contributed by atoms with van der Waals surface area (Å²) >= 11 is 0. The molecule has 0 N–H and O–H groups in total. The highest BCUT2D eigenvalue weighted by Crippen LogP contribution is 2.24. The summed E-state index contributed by atoms with van der Waals surface area (Å²) in [7, 11) is 3.36. The summed E-state index contributed by atoms with van der Waals surface area (Å²) < 4.78 is 19.1. The van der Waals surface area contributed by atoms with Gasteiger partial charge in [-0.15, -0.1) is 0 Å². The second-order valence-electron chi connectivity index (χ2n) is 4.50. The van der Waals surface area contributed by atoms with Gasteiger partial charge in [0.25, 0.3) is 0 Å². The molecule has 0 saturated carbocycles. The maximum atomic E-state index is 13.9. The Hall–Kier alpha value is -2.36. The van der Waals surface area contributed by atoms with Crippen LogP contribution in [0.5, 0.6) is 5.75 Å². The zero-order valence-corrected chi connectivity index (χ0v) is 11.5. The number of anilines is 1. The molecule has 0 aliphatic carbocycles. The second kappa shape index (κ2) is 6.19. The number of methoxy groups -OCH3 is 1. The maximum absolute atomic E-state index is 13.9. The Balaban J connectivity index is 2.28. The summed E-state index contributed by atoms with van der Waals surface area (Å²) in [6.07, 6.45) is 0.667. The standard InChI is InChI=1S/C16H16FNO2/c1-18(10-12-5-3-7-14(9-12)20-2)16-13(11-19)6-4-8-15(16)17/h3-9,11H,10H2,1-2H3. The van der Waals surface area contributed by atoms with Crippen LogP contribution < -0.4 is 9.64 Å². The molecule has 2 aromatic rings. The van der Waals surface area contributed by atoms with Gasteiger partial charge in [-0.2, -0.15) is 0 Å². The van der Waals surface area contributed by atoms with E-state index < -0.39 is 5.82 Å². The van der Waals surface area contributed by atoms with Crippen molar-refractivity contribution in [1.29, 1.82) is 0 Å². The van der Waals surface area contributed by atoms with Gasteiger partial charge in [-0.25, -0.2) is 4.39 Å². The third kappa shape index (κ3) is 2.96. The van der Waals surface area contributed by atoms with E-state index in [-0.39, 0.29) is 0 Å². The second-order valence-corrected chi connectivity index (χ2v) is 4.50. The fourth-order valence-corrected chi connectivity index (χ4v) is 2.15. The number of hydrogen-bond donors (Lipinski definition) is 0. The molecule has 104 valence electrons. The maximum Gasteiger partial charge on any atom is 0.152 e. The van der Waals surface area contributed by atoms with E-state index >= 15 is 0 Å². The molecular weight excluding hydrogens is 257 g/mol. The summed E-state index contributed by atoms with van der Waals surface area (Å²) in [4.78, 5) is 12.7. The molecule has 0 unspecified atom stereocenters. The number of carbonyl (C=O) groups excluding carboxylic acids is 1. The van der Waals surface area contributed by atoms with Gasteiger partial charge in [0.2, 0.25) is 0 Å². The third-order valence-electron chi connectivity index (χ3n) is 3.08. The van der Waals surface area contributed by atoms with Crippen molar-refractivity contribution in [3.05, 3.63) is 59.4 Å². The van der Waals surface area contributed by atoms with E-state index in [0.717, 1.165) is 11.3 Å². The van der Waals surface area contributed by atoms with Gasteiger partial charge >= 0.3 is 0 Å². The lowest BCUT2D eigenvalue weighted by Crippen LogP contribution is -2.19. The van der Waals surface area contributed by atoms with Crippen molar-refractivity contribution in [1.82, 2.24) is 0 Å². The molecule has 0 radical (unpaired) electrons. The molecule has 0 aliphatic heterocycles. The quantitative estimate of drug-likeness (QED) is 0.783. The summed E-state index contributed by atoms with van der Waals surface area (Å²) in [5, 5.41) is 0. The highest BCUT2D eigenvalue weighted by atomic mass is 19.1. The average molecular weight is 273 g/mol. The van der Waals surface area contributed by atoms with Crippen molar-refractivity contribution in [2.45, 2.75) is 6.54 Å². The van der Waals surface area contributed by atoms with Gasteiger partial charge in [-0.05, 0) is 29.8 Å². The van der Waals surface area contributed by atoms with E-state index in [1.54, 1.807) is 25.1 Å². The first-order valence-corrected chi connectivity index (χ1v) is 6.23. The zero-order chi connectivity index (χ0) is 14.5. The lowest BCUT2D eigenvalue weighted by atomic mass is 10.1. The molecule has 0 heterocycles. The molecule has 4 heteroatoms. The van der Waals surface area contributed by atoms with Gasteiger partial charge in [0, 0.05) is 19.2 Å². The van der Waals surface area contributed by atoms with Crippen LogP contribution >= 0.6 is 0 Å². The molecule has 0 aliphatic rings. The molecule has 2 rings (SSSR count). The minimum absolute atomic E-state index is 0.310. The van der Waals surface area contributed by atoms with Crippen molar-refractivity contribution in [3.8, 4) is 5.75 Å². The minimum atomic E-state index is -0.403. The highest BCUT2D eigenvalue weighted by Gasteiger charge is 2.13. The third-order valence-corrected chi connectivity index (χ3v) is 3.08. The van der Waals surface area contributed by atoms with E-state index in [2.05, 4.69) is 0 Å². The monoisotopic (exact) mass is 273 g/mol. The Morgan fingerprint density at radius 1 is 1.25 bits per heavy atom. The van der Waals surface area contributed by atoms with Gasteiger partial charge in [0.15, 0.2) is 6.29 Å². The van der Waals surface area contributed by atoms with Gasteiger partial charge < -0.3 is 9.64 Å². The molecule has 0 aromatic heterocycles. The summed E-state index contributed by atoms with van der Waals surface area (Å²) in [6, 6.07) is 12.0. The summed E-state index contributed by atoms with van der Waals surface area (Å²) in [6.45, 7) is 0.485. The Labute approximate surface area is 117 Å².